The normalized spacial score (nSPS) is 18.7. The van der Waals surface area contributed by atoms with E-state index in [9.17, 15) is 9.90 Å². The van der Waals surface area contributed by atoms with E-state index in [1.54, 1.807) is 10.9 Å². The number of halogens is 2. The largest absolute Gasteiger partial charge is 0.392 e. The number of aliphatic hydroxyl groups excluding tert-OH is 1. The van der Waals surface area contributed by atoms with Crippen molar-refractivity contribution in [2.45, 2.75) is 44.6 Å². The quantitative estimate of drug-likeness (QED) is 0.230. The van der Waals surface area contributed by atoms with Gasteiger partial charge in [0.15, 0.2) is 11.4 Å². The number of nitrogens with one attached hydrogen (secondary N) is 1. The molecule has 2 N–H and O–H groups in total. The number of rotatable bonds is 8. The zero-order valence-corrected chi connectivity index (χ0v) is 23.9. The Hall–Kier alpha value is -3.86. The van der Waals surface area contributed by atoms with E-state index in [-0.39, 0.29) is 35.6 Å². The van der Waals surface area contributed by atoms with E-state index < -0.39 is 6.29 Å². The highest BCUT2D eigenvalue weighted by atomic mass is 35.5. The average molecular weight is 604 g/mol. The molecule has 9 nitrogen and oxygen atoms in total. The molecule has 0 spiro atoms. The van der Waals surface area contributed by atoms with E-state index in [1.165, 1.54) is 6.20 Å². The second-order valence-corrected chi connectivity index (χ2v) is 10.7. The van der Waals surface area contributed by atoms with Gasteiger partial charge in [-0.15, -0.1) is 0 Å². The summed E-state index contributed by atoms with van der Waals surface area (Å²) in [6.07, 6.45) is 2.53. The van der Waals surface area contributed by atoms with Crippen molar-refractivity contribution >= 4 is 40.1 Å². The van der Waals surface area contributed by atoms with Gasteiger partial charge in [-0.2, -0.15) is 0 Å². The van der Waals surface area contributed by atoms with Crippen molar-refractivity contribution in [3.8, 4) is 0 Å². The van der Waals surface area contributed by atoms with Crippen molar-refractivity contribution < 1.29 is 19.4 Å². The molecule has 3 heterocycles. The van der Waals surface area contributed by atoms with E-state index in [1.807, 2.05) is 72.8 Å². The molecule has 0 saturated carbocycles. The topological polar surface area (TPSA) is 111 Å². The summed E-state index contributed by atoms with van der Waals surface area (Å²) in [6, 6.07) is 22.8. The number of amides is 1. The Kier molecular flexibility index (Phi) is 8.46. The SMILES string of the molecule is O=C(NCc1ccc([C@H]2O[C@@H](Cn3cnc(Cl)c3Cl)C[C@@H](c3ccc(CO)cc3)O2)cc1)c1cnc2ccccc2n1. The first-order valence-corrected chi connectivity index (χ1v) is 14.2. The number of aromatic nitrogens is 4. The van der Waals surface area contributed by atoms with Gasteiger partial charge >= 0.3 is 0 Å². The number of benzene rings is 3. The summed E-state index contributed by atoms with van der Waals surface area (Å²) < 4.78 is 14.5. The number of hydrogen-bond donors (Lipinski definition) is 2. The third-order valence-electron chi connectivity index (χ3n) is 7.13. The molecule has 5 aromatic rings. The Labute approximate surface area is 252 Å². The number of nitrogens with zero attached hydrogens (tertiary/aromatic N) is 4. The molecule has 214 valence electrons. The van der Waals surface area contributed by atoms with Gasteiger partial charge in [0.1, 0.15) is 10.8 Å². The lowest BCUT2D eigenvalue weighted by atomic mass is 10.00. The number of imidazole rings is 1. The van der Waals surface area contributed by atoms with Crippen molar-refractivity contribution in [1.29, 1.82) is 0 Å². The molecule has 11 heteroatoms. The van der Waals surface area contributed by atoms with Crippen LogP contribution in [0.5, 0.6) is 0 Å². The van der Waals surface area contributed by atoms with Crippen LogP contribution in [-0.4, -0.2) is 36.6 Å². The van der Waals surface area contributed by atoms with E-state index in [0.29, 0.717) is 30.2 Å². The minimum atomic E-state index is -0.638. The minimum absolute atomic E-state index is 0.0253. The van der Waals surface area contributed by atoms with Crippen molar-refractivity contribution in [2.24, 2.45) is 0 Å². The van der Waals surface area contributed by atoms with Gasteiger partial charge in [0.05, 0.1) is 48.9 Å². The number of carbonyl (C=O) groups is 1. The summed E-state index contributed by atoms with van der Waals surface area (Å²) in [5.41, 5.74) is 5.22. The fraction of sp³-hybridized carbons (Fsp3) is 0.226. The number of fused-ring (bicyclic) bond motifs is 1. The molecule has 1 amide bonds. The van der Waals surface area contributed by atoms with Crippen LogP contribution in [0.4, 0.5) is 0 Å². The molecule has 0 radical (unpaired) electrons. The van der Waals surface area contributed by atoms with E-state index in [0.717, 1.165) is 27.8 Å². The fourth-order valence-electron chi connectivity index (χ4n) is 4.85. The molecule has 0 bridgehead atoms. The highest BCUT2D eigenvalue weighted by molar-refractivity contribution is 6.40. The minimum Gasteiger partial charge on any atom is -0.392 e. The van der Waals surface area contributed by atoms with Gasteiger partial charge in [-0.3, -0.25) is 9.78 Å². The maximum Gasteiger partial charge on any atom is 0.271 e. The molecule has 1 aliphatic heterocycles. The number of para-hydroxylation sites is 2. The van der Waals surface area contributed by atoms with Crippen LogP contribution in [0.1, 0.15) is 51.6 Å². The van der Waals surface area contributed by atoms with Crippen LogP contribution in [0.25, 0.3) is 11.0 Å². The fourth-order valence-corrected chi connectivity index (χ4v) is 5.17. The molecule has 0 aliphatic carbocycles. The van der Waals surface area contributed by atoms with E-state index in [2.05, 4.69) is 20.3 Å². The predicted octanol–water partition coefficient (Wildman–Crippen LogP) is 5.80. The van der Waals surface area contributed by atoms with Crippen LogP contribution in [0, 0.1) is 0 Å². The van der Waals surface area contributed by atoms with Gasteiger partial charge in [0.25, 0.3) is 5.91 Å². The third kappa shape index (κ3) is 6.30. The molecule has 3 aromatic carbocycles. The first-order chi connectivity index (χ1) is 20.5. The lowest BCUT2D eigenvalue weighted by Gasteiger charge is -2.36. The molecule has 1 aliphatic rings. The number of hydrogen-bond acceptors (Lipinski definition) is 7. The third-order valence-corrected chi connectivity index (χ3v) is 7.90. The van der Waals surface area contributed by atoms with Crippen LogP contribution >= 0.6 is 23.2 Å². The Morgan fingerprint density at radius 2 is 1.64 bits per heavy atom. The van der Waals surface area contributed by atoms with Gasteiger partial charge in [-0.1, -0.05) is 83.9 Å². The van der Waals surface area contributed by atoms with Gasteiger partial charge in [0.2, 0.25) is 0 Å². The number of ether oxygens (including phenoxy) is 2. The molecular formula is C31H27Cl2N5O4. The van der Waals surface area contributed by atoms with Crippen molar-refractivity contribution in [3.05, 3.63) is 124 Å². The molecule has 1 fully saturated rings. The first-order valence-electron chi connectivity index (χ1n) is 13.4. The standard InChI is InChI=1S/C31H27Cl2N5O4/c32-28-29(33)38(18-36-28)16-23-13-27(21-9-7-20(17-39)8-10-21)42-31(41-23)22-11-5-19(6-12-22)14-35-30(40)26-15-34-24-3-1-2-4-25(24)37-26/h1-12,15,18,23,27,31,39H,13-14,16-17H2,(H,35,40)/t23-,27+,31+/m1/s1. The van der Waals surface area contributed by atoms with E-state index >= 15 is 0 Å². The zero-order valence-electron chi connectivity index (χ0n) is 22.4. The summed E-state index contributed by atoms with van der Waals surface area (Å²) in [4.78, 5) is 25.5. The monoisotopic (exact) mass is 603 g/mol. The van der Waals surface area contributed by atoms with Crippen molar-refractivity contribution in [1.82, 2.24) is 24.8 Å². The van der Waals surface area contributed by atoms with Crippen molar-refractivity contribution in [3.63, 3.8) is 0 Å². The van der Waals surface area contributed by atoms with Gasteiger partial charge < -0.3 is 24.5 Å². The molecule has 2 aromatic heterocycles. The highest BCUT2D eigenvalue weighted by Gasteiger charge is 2.33. The maximum absolute atomic E-state index is 12.7. The van der Waals surface area contributed by atoms with Crippen molar-refractivity contribution in [2.75, 3.05) is 0 Å². The summed E-state index contributed by atoms with van der Waals surface area (Å²) >= 11 is 12.4. The highest BCUT2D eigenvalue weighted by Crippen LogP contribution is 2.39. The molecular weight excluding hydrogens is 577 g/mol. The Bertz CT molecular complexity index is 1690. The molecule has 0 unspecified atom stereocenters. The van der Waals surface area contributed by atoms with Crippen LogP contribution in [0.3, 0.4) is 0 Å². The Balaban J connectivity index is 1.15. The summed E-state index contributed by atoms with van der Waals surface area (Å²) in [6.45, 7) is 0.746. The summed E-state index contributed by atoms with van der Waals surface area (Å²) in [5.74, 6) is -0.299. The smallest absolute Gasteiger partial charge is 0.271 e. The van der Waals surface area contributed by atoms with Gasteiger partial charge in [0, 0.05) is 18.5 Å². The molecule has 1 saturated heterocycles. The lowest BCUT2D eigenvalue weighted by Crippen LogP contribution is -2.32. The van der Waals surface area contributed by atoms with Crippen LogP contribution < -0.4 is 5.32 Å². The van der Waals surface area contributed by atoms with Crippen LogP contribution in [-0.2, 0) is 29.2 Å². The number of aliphatic hydroxyl groups is 1. The number of carbonyl (C=O) groups excluding carboxylic acids is 1. The second-order valence-electron chi connectivity index (χ2n) is 10.00. The zero-order chi connectivity index (χ0) is 29.1. The van der Waals surface area contributed by atoms with Gasteiger partial charge in [-0.05, 0) is 28.8 Å². The Morgan fingerprint density at radius 3 is 2.36 bits per heavy atom. The lowest BCUT2D eigenvalue weighted by molar-refractivity contribution is -0.252. The molecule has 3 atom stereocenters. The summed E-state index contributed by atoms with van der Waals surface area (Å²) in [5, 5.41) is 12.9. The second kappa shape index (κ2) is 12.6. The predicted molar refractivity (Wildman–Crippen MR) is 158 cm³/mol. The molecule has 42 heavy (non-hydrogen) atoms. The van der Waals surface area contributed by atoms with Crippen LogP contribution in [0.2, 0.25) is 10.3 Å². The molecule has 6 rings (SSSR count). The average Bonchev–Trinajstić information content (AvgIpc) is 3.35. The first kappa shape index (κ1) is 28.3. The van der Waals surface area contributed by atoms with E-state index in [4.69, 9.17) is 32.7 Å². The van der Waals surface area contributed by atoms with Crippen LogP contribution in [0.15, 0.2) is 85.3 Å². The van der Waals surface area contributed by atoms with Gasteiger partial charge in [-0.25, -0.2) is 9.97 Å². The maximum atomic E-state index is 12.7. The Morgan fingerprint density at radius 1 is 0.929 bits per heavy atom. The summed E-state index contributed by atoms with van der Waals surface area (Å²) in [7, 11) is 0.